The summed E-state index contributed by atoms with van der Waals surface area (Å²) in [5, 5.41) is 18.2. The second kappa shape index (κ2) is 14.5. The molecule has 0 aromatic heterocycles. The summed E-state index contributed by atoms with van der Waals surface area (Å²) >= 11 is 0. The summed E-state index contributed by atoms with van der Waals surface area (Å²) in [6.45, 7) is -0.998. The van der Waals surface area contributed by atoms with Crippen LogP contribution in [0.4, 0.5) is 9.59 Å². The van der Waals surface area contributed by atoms with Crippen molar-refractivity contribution in [3.8, 4) is 0 Å². The third kappa shape index (κ3) is 11.2. The van der Waals surface area contributed by atoms with Gasteiger partial charge in [-0.05, 0) is 12.8 Å². The predicted molar refractivity (Wildman–Crippen MR) is 96.0 cm³/mol. The van der Waals surface area contributed by atoms with Crippen molar-refractivity contribution >= 4 is 24.2 Å². The Kier molecular flexibility index (Phi) is 13.2. The topological polar surface area (TPSA) is 146 Å². The number of hydrogen-bond acceptors (Lipinski definition) is 8. The monoisotopic (exact) mass is 406 g/mol. The van der Waals surface area contributed by atoms with E-state index in [4.69, 9.17) is 14.6 Å². The van der Waals surface area contributed by atoms with Crippen LogP contribution in [-0.4, -0.2) is 61.9 Å². The van der Waals surface area contributed by atoms with Crippen molar-refractivity contribution in [2.45, 2.75) is 57.8 Å². The van der Waals surface area contributed by atoms with Crippen LogP contribution in [0.5, 0.6) is 0 Å². The number of methoxy groups -OCH3 is 2. The van der Waals surface area contributed by atoms with Crippen LogP contribution in [0.1, 0.15) is 57.8 Å². The zero-order valence-corrected chi connectivity index (χ0v) is 16.4. The normalized spacial score (nSPS) is 10.8. The Morgan fingerprint density at radius 2 is 1.14 bits per heavy atom. The van der Waals surface area contributed by atoms with Crippen molar-refractivity contribution in [2.24, 2.45) is 5.41 Å². The van der Waals surface area contributed by atoms with E-state index in [9.17, 15) is 24.3 Å². The number of aliphatic carboxylic acids is 2. The van der Waals surface area contributed by atoms with Gasteiger partial charge in [-0.3, -0.25) is 9.59 Å². The molecule has 0 saturated carbocycles. The number of carboxylic acids is 2. The Bertz CT molecular complexity index is 483. The molecule has 0 rings (SSSR count). The molecular weight excluding hydrogens is 376 g/mol. The smallest absolute Gasteiger partial charge is 0.481 e. The van der Waals surface area contributed by atoms with Gasteiger partial charge in [0.25, 0.3) is 0 Å². The van der Waals surface area contributed by atoms with Crippen LogP contribution in [0.3, 0.4) is 0 Å². The molecular formula is C18H30O10. The molecule has 0 amide bonds. The van der Waals surface area contributed by atoms with Gasteiger partial charge in [-0.2, -0.15) is 0 Å². The van der Waals surface area contributed by atoms with Gasteiger partial charge >= 0.3 is 24.2 Å². The maximum Gasteiger partial charge on any atom is 0.508 e. The molecule has 0 heterocycles. The van der Waals surface area contributed by atoms with Crippen molar-refractivity contribution in [1.82, 2.24) is 0 Å². The molecule has 0 spiro atoms. The minimum absolute atomic E-state index is 0.134. The summed E-state index contributed by atoms with van der Waals surface area (Å²) in [5.74, 6) is -2.05. The van der Waals surface area contributed by atoms with Gasteiger partial charge in [0, 0.05) is 6.42 Å². The third-order valence-corrected chi connectivity index (χ3v) is 4.27. The van der Waals surface area contributed by atoms with Gasteiger partial charge in [0.05, 0.1) is 14.2 Å². The van der Waals surface area contributed by atoms with Gasteiger partial charge in [-0.1, -0.05) is 38.5 Å². The molecule has 0 saturated heterocycles. The first kappa shape index (κ1) is 25.5. The minimum atomic E-state index is -1.59. The minimum Gasteiger partial charge on any atom is -0.481 e. The van der Waals surface area contributed by atoms with E-state index < -0.39 is 42.9 Å². The van der Waals surface area contributed by atoms with Crippen molar-refractivity contribution in [2.75, 3.05) is 27.4 Å². The first-order valence-electron chi connectivity index (χ1n) is 9.14. The van der Waals surface area contributed by atoms with E-state index in [0.717, 1.165) is 46.3 Å². The lowest BCUT2D eigenvalue weighted by molar-refractivity contribution is -0.156. The molecule has 2 N–H and O–H groups in total. The molecule has 0 aliphatic heterocycles. The Morgan fingerprint density at radius 1 is 0.714 bits per heavy atom. The van der Waals surface area contributed by atoms with Crippen LogP contribution < -0.4 is 0 Å². The fourth-order valence-electron chi connectivity index (χ4n) is 2.55. The Hall–Kier alpha value is -2.52. The lowest BCUT2D eigenvalue weighted by Crippen LogP contribution is -2.41. The van der Waals surface area contributed by atoms with Crippen molar-refractivity contribution in [3.63, 3.8) is 0 Å². The highest BCUT2D eigenvalue weighted by Gasteiger charge is 2.41. The van der Waals surface area contributed by atoms with Gasteiger partial charge in [-0.15, -0.1) is 0 Å². The number of ether oxygens (including phenoxy) is 4. The molecule has 162 valence electrons. The number of carbonyl (C=O) groups is 4. The maximum atomic E-state index is 11.8. The van der Waals surface area contributed by atoms with Gasteiger partial charge in [0.2, 0.25) is 0 Å². The quantitative estimate of drug-likeness (QED) is 0.307. The molecule has 0 aromatic rings. The van der Waals surface area contributed by atoms with Crippen LogP contribution in [-0.2, 0) is 28.5 Å². The fraction of sp³-hybridized carbons (Fsp3) is 0.778. The number of carbonyl (C=O) groups excluding carboxylic acids is 2. The van der Waals surface area contributed by atoms with E-state index in [2.05, 4.69) is 9.47 Å². The average Bonchev–Trinajstić information content (AvgIpc) is 2.66. The lowest BCUT2D eigenvalue weighted by atomic mass is 9.84. The van der Waals surface area contributed by atoms with Crippen LogP contribution >= 0.6 is 0 Å². The zero-order chi connectivity index (χ0) is 21.4. The van der Waals surface area contributed by atoms with E-state index in [1.807, 2.05) is 0 Å². The summed E-state index contributed by atoms with van der Waals surface area (Å²) in [4.78, 5) is 44.7. The van der Waals surface area contributed by atoms with E-state index in [-0.39, 0.29) is 12.8 Å². The maximum absolute atomic E-state index is 11.8. The Labute approximate surface area is 164 Å². The summed E-state index contributed by atoms with van der Waals surface area (Å²) in [6, 6.07) is 0. The Balaban J connectivity index is 4.48. The third-order valence-electron chi connectivity index (χ3n) is 4.27. The molecule has 0 atom stereocenters. The lowest BCUT2D eigenvalue weighted by Gasteiger charge is -2.27. The van der Waals surface area contributed by atoms with Crippen molar-refractivity contribution in [1.29, 1.82) is 0 Å². The zero-order valence-electron chi connectivity index (χ0n) is 16.4. The number of rotatable bonds is 15. The molecule has 0 aliphatic carbocycles. The van der Waals surface area contributed by atoms with E-state index >= 15 is 0 Å². The molecule has 10 nitrogen and oxygen atoms in total. The highest BCUT2D eigenvalue weighted by molar-refractivity contribution is 5.76. The van der Waals surface area contributed by atoms with Crippen LogP contribution in [0, 0.1) is 5.41 Å². The Morgan fingerprint density at radius 3 is 1.54 bits per heavy atom. The van der Waals surface area contributed by atoms with Crippen molar-refractivity contribution < 1.29 is 48.3 Å². The fourth-order valence-corrected chi connectivity index (χ4v) is 2.55. The largest absolute Gasteiger partial charge is 0.508 e. The van der Waals surface area contributed by atoms with Crippen molar-refractivity contribution in [3.05, 3.63) is 0 Å². The highest BCUT2D eigenvalue weighted by atomic mass is 16.7. The molecule has 0 unspecified atom stereocenters. The SMILES string of the molecule is COC(=O)OCC(CCCCCCCCCC(=O)O)(COC(=O)OC)C(=O)O. The standard InChI is InChI=1S/C18H30O10/c1-25-16(23)27-12-18(15(21)22,13-28-17(24)26-2)11-9-7-5-3-4-6-8-10-14(19)20/h3-13H2,1-2H3,(H,19,20)(H,21,22). The van der Waals surface area contributed by atoms with E-state index in [1.165, 1.54) is 0 Å². The van der Waals surface area contributed by atoms with E-state index in [1.54, 1.807) is 0 Å². The van der Waals surface area contributed by atoms with E-state index in [0.29, 0.717) is 12.8 Å². The molecule has 0 aromatic carbocycles. The second-order valence-corrected chi connectivity index (χ2v) is 6.44. The van der Waals surface area contributed by atoms with Crippen LogP contribution in [0.2, 0.25) is 0 Å². The van der Waals surface area contributed by atoms with Crippen LogP contribution in [0.25, 0.3) is 0 Å². The molecule has 28 heavy (non-hydrogen) atoms. The number of unbranched alkanes of at least 4 members (excludes halogenated alkanes) is 6. The molecule has 0 fully saturated rings. The molecule has 0 bridgehead atoms. The highest BCUT2D eigenvalue weighted by Crippen LogP contribution is 2.28. The van der Waals surface area contributed by atoms with Crippen LogP contribution in [0.15, 0.2) is 0 Å². The predicted octanol–water partition coefficient (Wildman–Crippen LogP) is 3.22. The van der Waals surface area contributed by atoms with Gasteiger partial charge in [0.15, 0.2) is 0 Å². The van der Waals surface area contributed by atoms with Gasteiger partial charge in [0.1, 0.15) is 18.6 Å². The van der Waals surface area contributed by atoms with Gasteiger partial charge in [-0.25, -0.2) is 9.59 Å². The average molecular weight is 406 g/mol. The molecule has 10 heteroatoms. The molecule has 0 aliphatic rings. The number of hydrogen-bond donors (Lipinski definition) is 2. The summed E-state index contributed by atoms with van der Waals surface area (Å²) in [7, 11) is 2.21. The summed E-state index contributed by atoms with van der Waals surface area (Å²) in [5.41, 5.74) is -1.59. The second-order valence-electron chi connectivity index (χ2n) is 6.44. The summed E-state index contributed by atoms with van der Waals surface area (Å²) < 4.78 is 18.3. The van der Waals surface area contributed by atoms with Gasteiger partial charge < -0.3 is 29.2 Å². The first-order chi connectivity index (χ1) is 13.3. The first-order valence-corrected chi connectivity index (χ1v) is 9.14. The summed E-state index contributed by atoms with van der Waals surface area (Å²) in [6.07, 6.45) is 3.69. The number of carboxylic acid groups (broad SMARTS) is 2. The molecule has 0 radical (unpaired) electrons.